The fraction of sp³-hybridized carbons (Fsp3) is 0.500. The number of hydrogen-bond donors (Lipinski definition) is 2. The lowest BCUT2D eigenvalue weighted by molar-refractivity contribution is 0.414. The van der Waals surface area contributed by atoms with E-state index in [0.29, 0.717) is 0 Å². The molecule has 1 aliphatic carbocycles. The van der Waals surface area contributed by atoms with Crippen molar-refractivity contribution < 1.29 is 4.74 Å². The van der Waals surface area contributed by atoms with Crippen LogP contribution in [0.5, 0.6) is 5.75 Å². The Kier molecular flexibility index (Phi) is 4.45. The highest BCUT2D eigenvalue weighted by atomic mass is 16.5. The van der Waals surface area contributed by atoms with Crippen LogP contribution in [0.25, 0.3) is 0 Å². The van der Waals surface area contributed by atoms with E-state index in [-0.39, 0.29) is 0 Å². The third-order valence-corrected chi connectivity index (χ3v) is 3.10. The van der Waals surface area contributed by atoms with Gasteiger partial charge in [-0.3, -0.25) is 4.99 Å². The summed E-state index contributed by atoms with van der Waals surface area (Å²) in [5.41, 5.74) is 1.21. The first-order valence-corrected chi connectivity index (χ1v) is 6.39. The molecule has 0 heterocycles. The first-order valence-electron chi connectivity index (χ1n) is 6.39. The third-order valence-electron chi connectivity index (χ3n) is 3.10. The van der Waals surface area contributed by atoms with Crippen LogP contribution >= 0.6 is 0 Å². The van der Waals surface area contributed by atoms with Crippen LogP contribution in [-0.4, -0.2) is 26.7 Å². The molecule has 0 atom stereocenters. The van der Waals surface area contributed by atoms with Crippen molar-refractivity contribution in [2.75, 3.05) is 20.7 Å². The molecule has 18 heavy (non-hydrogen) atoms. The number of aliphatic imine (C=N–C) groups is 1. The maximum absolute atomic E-state index is 5.13. The van der Waals surface area contributed by atoms with Crippen molar-refractivity contribution >= 4 is 5.96 Å². The number of guanidine groups is 1. The number of ether oxygens (including phenoxy) is 1. The molecule has 98 valence electrons. The highest BCUT2D eigenvalue weighted by Gasteiger charge is 2.20. The van der Waals surface area contributed by atoms with E-state index in [1.165, 1.54) is 18.4 Å². The second kappa shape index (κ2) is 6.28. The van der Waals surface area contributed by atoms with Crippen LogP contribution in [0, 0.1) is 5.92 Å². The number of nitrogens with one attached hydrogen (secondary N) is 2. The first kappa shape index (κ1) is 12.7. The molecule has 0 amide bonds. The van der Waals surface area contributed by atoms with Gasteiger partial charge in [-0.05, 0) is 36.5 Å². The Morgan fingerprint density at radius 1 is 1.28 bits per heavy atom. The van der Waals surface area contributed by atoms with Gasteiger partial charge in [0.25, 0.3) is 0 Å². The zero-order valence-corrected chi connectivity index (χ0v) is 11.1. The standard InChI is InChI=1S/C14H21N3O/c1-15-14(16-9-11-3-4-11)17-10-12-5-7-13(18-2)8-6-12/h5-8,11H,3-4,9-10H2,1-2H3,(H2,15,16,17). The van der Waals surface area contributed by atoms with Gasteiger partial charge in [0.05, 0.1) is 7.11 Å². The summed E-state index contributed by atoms with van der Waals surface area (Å²) in [5.74, 6) is 2.61. The number of nitrogens with zero attached hydrogens (tertiary/aromatic N) is 1. The van der Waals surface area contributed by atoms with E-state index in [1.54, 1.807) is 14.2 Å². The van der Waals surface area contributed by atoms with Gasteiger partial charge in [-0.25, -0.2) is 0 Å². The minimum absolute atomic E-state index is 0.772. The Morgan fingerprint density at radius 2 is 2.00 bits per heavy atom. The second-order valence-electron chi connectivity index (χ2n) is 4.60. The fourth-order valence-corrected chi connectivity index (χ4v) is 1.71. The van der Waals surface area contributed by atoms with Gasteiger partial charge in [-0.2, -0.15) is 0 Å². The number of rotatable bonds is 5. The van der Waals surface area contributed by atoms with Gasteiger partial charge < -0.3 is 15.4 Å². The molecule has 0 unspecified atom stereocenters. The van der Waals surface area contributed by atoms with E-state index >= 15 is 0 Å². The highest BCUT2D eigenvalue weighted by molar-refractivity contribution is 5.79. The van der Waals surface area contributed by atoms with Gasteiger partial charge in [-0.1, -0.05) is 12.1 Å². The summed E-state index contributed by atoms with van der Waals surface area (Å²) in [7, 11) is 3.48. The maximum atomic E-state index is 5.13. The summed E-state index contributed by atoms with van der Waals surface area (Å²) >= 11 is 0. The molecule has 4 heteroatoms. The van der Waals surface area contributed by atoms with Crippen molar-refractivity contribution in [3.8, 4) is 5.75 Å². The Bertz CT molecular complexity index is 396. The van der Waals surface area contributed by atoms with Crippen molar-refractivity contribution in [1.82, 2.24) is 10.6 Å². The van der Waals surface area contributed by atoms with E-state index in [0.717, 1.165) is 30.7 Å². The van der Waals surface area contributed by atoms with Crippen molar-refractivity contribution in [3.63, 3.8) is 0 Å². The van der Waals surface area contributed by atoms with E-state index < -0.39 is 0 Å². The maximum Gasteiger partial charge on any atom is 0.191 e. The van der Waals surface area contributed by atoms with Crippen LogP contribution in [0.15, 0.2) is 29.3 Å². The molecule has 2 N–H and O–H groups in total. The monoisotopic (exact) mass is 247 g/mol. The molecule has 0 saturated heterocycles. The lowest BCUT2D eigenvalue weighted by atomic mass is 10.2. The van der Waals surface area contributed by atoms with Gasteiger partial charge in [-0.15, -0.1) is 0 Å². The normalized spacial score (nSPS) is 15.3. The Balaban J connectivity index is 1.77. The second-order valence-corrected chi connectivity index (χ2v) is 4.60. The summed E-state index contributed by atoms with van der Waals surface area (Å²) in [4.78, 5) is 4.21. The minimum Gasteiger partial charge on any atom is -0.497 e. The summed E-state index contributed by atoms with van der Waals surface area (Å²) in [6, 6.07) is 8.05. The smallest absolute Gasteiger partial charge is 0.191 e. The molecule has 1 saturated carbocycles. The topological polar surface area (TPSA) is 45.7 Å². The molecule has 1 aliphatic rings. The van der Waals surface area contributed by atoms with E-state index in [1.807, 2.05) is 12.1 Å². The fourth-order valence-electron chi connectivity index (χ4n) is 1.71. The third kappa shape index (κ3) is 3.95. The molecule has 1 aromatic rings. The van der Waals surface area contributed by atoms with Crippen LogP contribution in [-0.2, 0) is 6.54 Å². The first-order chi connectivity index (χ1) is 8.81. The predicted octanol–water partition coefficient (Wildman–Crippen LogP) is 1.77. The van der Waals surface area contributed by atoms with E-state index in [9.17, 15) is 0 Å². The lowest BCUT2D eigenvalue weighted by Gasteiger charge is -2.11. The van der Waals surface area contributed by atoms with Crippen molar-refractivity contribution in [2.45, 2.75) is 19.4 Å². The van der Waals surface area contributed by atoms with Gasteiger partial charge in [0, 0.05) is 20.1 Å². The van der Waals surface area contributed by atoms with Crippen LogP contribution in [0.2, 0.25) is 0 Å². The highest BCUT2D eigenvalue weighted by Crippen LogP contribution is 2.27. The zero-order chi connectivity index (χ0) is 12.8. The summed E-state index contributed by atoms with van der Waals surface area (Å²) in [6.07, 6.45) is 2.70. The molecule has 1 fully saturated rings. The molecule has 0 aliphatic heterocycles. The largest absolute Gasteiger partial charge is 0.497 e. The van der Waals surface area contributed by atoms with Gasteiger partial charge >= 0.3 is 0 Å². The SMILES string of the molecule is CN=C(NCc1ccc(OC)cc1)NCC1CC1. The van der Waals surface area contributed by atoms with E-state index in [2.05, 4.69) is 27.8 Å². The van der Waals surface area contributed by atoms with Crippen LogP contribution in [0.3, 0.4) is 0 Å². The molecule has 0 bridgehead atoms. The van der Waals surface area contributed by atoms with Gasteiger partial charge in [0.15, 0.2) is 5.96 Å². The van der Waals surface area contributed by atoms with Crippen molar-refractivity contribution in [2.24, 2.45) is 10.9 Å². The Morgan fingerprint density at radius 3 is 2.56 bits per heavy atom. The summed E-state index contributed by atoms with van der Waals surface area (Å²) in [6.45, 7) is 1.80. The molecule has 2 rings (SSSR count). The van der Waals surface area contributed by atoms with E-state index in [4.69, 9.17) is 4.74 Å². The van der Waals surface area contributed by atoms with Crippen molar-refractivity contribution in [1.29, 1.82) is 0 Å². The molecular weight excluding hydrogens is 226 g/mol. The van der Waals surface area contributed by atoms with Gasteiger partial charge in [0.1, 0.15) is 5.75 Å². The van der Waals surface area contributed by atoms with Crippen LogP contribution < -0.4 is 15.4 Å². The molecular formula is C14H21N3O. The molecule has 0 aromatic heterocycles. The number of hydrogen-bond acceptors (Lipinski definition) is 2. The zero-order valence-electron chi connectivity index (χ0n) is 11.1. The molecule has 0 radical (unpaired) electrons. The quantitative estimate of drug-likeness (QED) is 0.616. The Labute approximate surface area is 108 Å². The number of benzene rings is 1. The van der Waals surface area contributed by atoms with Crippen molar-refractivity contribution in [3.05, 3.63) is 29.8 Å². The average molecular weight is 247 g/mol. The summed E-state index contributed by atoms with van der Waals surface area (Å²) < 4.78 is 5.13. The number of methoxy groups -OCH3 is 1. The van der Waals surface area contributed by atoms with Crippen LogP contribution in [0.1, 0.15) is 18.4 Å². The van der Waals surface area contributed by atoms with Crippen LogP contribution in [0.4, 0.5) is 0 Å². The Hall–Kier alpha value is -1.71. The summed E-state index contributed by atoms with van der Waals surface area (Å²) in [5, 5.41) is 6.64. The molecule has 0 spiro atoms. The minimum atomic E-state index is 0.772. The predicted molar refractivity (Wildman–Crippen MR) is 73.9 cm³/mol. The lowest BCUT2D eigenvalue weighted by Crippen LogP contribution is -2.37. The average Bonchev–Trinajstić information content (AvgIpc) is 3.24. The molecule has 4 nitrogen and oxygen atoms in total. The molecule has 1 aromatic carbocycles. The van der Waals surface area contributed by atoms with Gasteiger partial charge in [0.2, 0.25) is 0 Å².